The minimum absolute atomic E-state index is 0.113. The number of nitrogens with one attached hydrogen (secondary N) is 2. The van der Waals surface area contributed by atoms with Crippen molar-refractivity contribution >= 4 is 0 Å². The summed E-state index contributed by atoms with van der Waals surface area (Å²) in [5.74, 6) is 0. The maximum absolute atomic E-state index is 4.16. The van der Waals surface area contributed by atoms with Crippen LogP contribution in [-0.4, -0.2) is 15.7 Å². The van der Waals surface area contributed by atoms with Gasteiger partial charge in [-0.2, -0.15) is 5.10 Å². The van der Waals surface area contributed by atoms with Crippen LogP contribution in [0.15, 0.2) is 30.5 Å². The lowest BCUT2D eigenvalue weighted by molar-refractivity contribution is 0.424. The number of aromatic nitrogens is 2. The number of aromatic amines is 1. The molecule has 0 saturated heterocycles. The van der Waals surface area contributed by atoms with Crippen molar-refractivity contribution in [3.8, 4) is 11.3 Å². The first-order chi connectivity index (χ1) is 8.46. The van der Waals surface area contributed by atoms with Crippen LogP contribution in [0.2, 0.25) is 0 Å². The third kappa shape index (κ3) is 3.20. The summed E-state index contributed by atoms with van der Waals surface area (Å²) in [6.45, 7) is 9.41. The van der Waals surface area contributed by atoms with E-state index in [-0.39, 0.29) is 5.54 Å². The van der Waals surface area contributed by atoms with Crippen molar-refractivity contribution in [3.05, 3.63) is 41.6 Å². The SMILES string of the molecule is Cc1ccc(-c2[nH]ncc2CNC(C)(C)C)cc1. The van der Waals surface area contributed by atoms with E-state index in [0.717, 1.165) is 12.2 Å². The summed E-state index contributed by atoms with van der Waals surface area (Å²) in [5.41, 5.74) is 4.87. The zero-order valence-electron chi connectivity index (χ0n) is 11.5. The molecular weight excluding hydrogens is 222 g/mol. The Kier molecular flexibility index (Phi) is 3.53. The second-order valence-electron chi connectivity index (χ2n) is 5.74. The average molecular weight is 243 g/mol. The Morgan fingerprint density at radius 2 is 1.83 bits per heavy atom. The van der Waals surface area contributed by atoms with E-state index in [4.69, 9.17) is 0 Å². The van der Waals surface area contributed by atoms with Crippen molar-refractivity contribution in [1.29, 1.82) is 0 Å². The summed E-state index contributed by atoms with van der Waals surface area (Å²) in [6, 6.07) is 8.50. The van der Waals surface area contributed by atoms with Gasteiger partial charge in [-0.1, -0.05) is 29.8 Å². The molecular formula is C15H21N3. The first-order valence-electron chi connectivity index (χ1n) is 6.30. The lowest BCUT2D eigenvalue weighted by atomic mass is 10.0. The van der Waals surface area contributed by atoms with Crippen LogP contribution >= 0.6 is 0 Å². The van der Waals surface area contributed by atoms with Crippen molar-refractivity contribution in [2.24, 2.45) is 0 Å². The molecule has 0 radical (unpaired) electrons. The number of benzene rings is 1. The summed E-state index contributed by atoms with van der Waals surface area (Å²) in [5, 5.41) is 10.7. The van der Waals surface area contributed by atoms with Gasteiger partial charge in [0.15, 0.2) is 0 Å². The van der Waals surface area contributed by atoms with Gasteiger partial charge in [0, 0.05) is 17.6 Å². The summed E-state index contributed by atoms with van der Waals surface area (Å²) < 4.78 is 0. The number of rotatable bonds is 3. The molecule has 0 amide bonds. The number of nitrogens with zero attached hydrogens (tertiary/aromatic N) is 1. The Hall–Kier alpha value is -1.61. The molecule has 0 fully saturated rings. The molecule has 0 saturated carbocycles. The molecule has 2 aromatic rings. The van der Waals surface area contributed by atoms with Crippen LogP contribution in [0.4, 0.5) is 0 Å². The highest BCUT2D eigenvalue weighted by Crippen LogP contribution is 2.21. The van der Waals surface area contributed by atoms with Gasteiger partial charge in [-0.3, -0.25) is 5.10 Å². The molecule has 2 N–H and O–H groups in total. The molecule has 0 bridgehead atoms. The van der Waals surface area contributed by atoms with E-state index in [2.05, 4.69) is 67.5 Å². The van der Waals surface area contributed by atoms with Crippen LogP contribution in [0.25, 0.3) is 11.3 Å². The van der Waals surface area contributed by atoms with E-state index >= 15 is 0 Å². The maximum Gasteiger partial charge on any atom is 0.0695 e. The third-order valence-corrected chi connectivity index (χ3v) is 2.87. The van der Waals surface area contributed by atoms with E-state index in [9.17, 15) is 0 Å². The largest absolute Gasteiger partial charge is 0.308 e. The quantitative estimate of drug-likeness (QED) is 0.868. The van der Waals surface area contributed by atoms with Crippen LogP contribution in [0.3, 0.4) is 0 Å². The first kappa shape index (κ1) is 12.8. The fourth-order valence-corrected chi connectivity index (χ4v) is 1.78. The highest BCUT2D eigenvalue weighted by molar-refractivity contribution is 5.62. The van der Waals surface area contributed by atoms with Gasteiger partial charge in [0.2, 0.25) is 0 Å². The summed E-state index contributed by atoms with van der Waals surface area (Å²) >= 11 is 0. The molecule has 0 aliphatic rings. The van der Waals surface area contributed by atoms with Crippen molar-refractivity contribution in [2.45, 2.75) is 39.8 Å². The molecule has 1 aromatic carbocycles. The van der Waals surface area contributed by atoms with Gasteiger partial charge < -0.3 is 5.32 Å². The standard InChI is InChI=1S/C15H21N3/c1-11-5-7-12(8-6-11)14-13(10-17-18-14)9-16-15(2,3)4/h5-8,10,16H,9H2,1-4H3,(H,17,18). The zero-order chi connectivity index (χ0) is 13.2. The highest BCUT2D eigenvalue weighted by Gasteiger charge is 2.12. The minimum atomic E-state index is 0.113. The Morgan fingerprint density at radius 1 is 1.17 bits per heavy atom. The van der Waals surface area contributed by atoms with Crippen molar-refractivity contribution < 1.29 is 0 Å². The highest BCUT2D eigenvalue weighted by atomic mass is 15.1. The molecule has 0 atom stereocenters. The minimum Gasteiger partial charge on any atom is -0.308 e. The van der Waals surface area contributed by atoms with Crippen LogP contribution in [-0.2, 0) is 6.54 Å². The Bertz CT molecular complexity index is 503. The number of aryl methyl sites for hydroxylation is 1. The smallest absolute Gasteiger partial charge is 0.0695 e. The number of hydrogen-bond acceptors (Lipinski definition) is 2. The second kappa shape index (κ2) is 4.94. The van der Waals surface area contributed by atoms with Crippen LogP contribution in [0.1, 0.15) is 31.9 Å². The van der Waals surface area contributed by atoms with Crippen LogP contribution < -0.4 is 5.32 Å². The van der Waals surface area contributed by atoms with Gasteiger partial charge in [0.25, 0.3) is 0 Å². The maximum atomic E-state index is 4.16. The van der Waals surface area contributed by atoms with E-state index in [1.54, 1.807) is 0 Å². The monoisotopic (exact) mass is 243 g/mol. The average Bonchev–Trinajstić information content (AvgIpc) is 2.75. The topological polar surface area (TPSA) is 40.7 Å². The van der Waals surface area contributed by atoms with Gasteiger partial charge in [0.05, 0.1) is 11.9 Å². The van der Waals surface area contributed by atoms with Crippen LogP contribution in [0, 0.1) is 6.92 Å². The molecule has 3 nitrogen and oxygen atoms in total. The fourth-order valence-electron chi connectivity index (χ4n) is 1.78. The molecule has 18 heavy (non-hydrogen) atoms. The summed E-state index contributed by atoms with van der Waals surface area (Å²) in [4.78, 5) is 0. The zero-order valence-corrected chi connectivity index (χ0v) is 11.5. The van der Waals surface area contributed by atoms with E-state index in [0.29, 0.717) is 0 Å². The summed E-state index contributed by atoms with van der Waals surface area (Å²) in [6.07, 6.45) is 1.90. The van der Waals surface area contributed by atoms with Gasteiger partial charge in [0.1, 0.15) is 0 Å². The molecule has 0 aliphatic carbocycles. The van der Waals surface area contributed by atoms with E-state index in [1.165, 1.54) is 16.7 Å². The van der Waals surface area contributed by atoms with Gasteiger partial charge >= 0.3 is 0 Å². The van der Waals surface area contributed by atoms with Crippen molar-refractivity contribution in [1.82, 2.24) is 15.5 Å². The number of hydrogen-bond donors (Lipinski definition) is 2. The Balaban J connectivity index is 2.20. The first-order valence-corrected chi connectivity index (χ1v) is 6.30. The predicted octanol–water partition coefficient (Wildman–Crippen LogP) is 3.27. The van der Waals surface area contributed by atoms with Gasteiger partial charge in [-0.25, -0.2) is 0 Å². The molecule has 0 spiro atoms. The normalized spacial score (nSPS) is 11.8. The number of H-pyrrole nitrogens is 1. The molecule has 1 aromatic heterocycles. The fraction of sp³-hybridized carbons (Fsp3) is 0.400. The second-order valence-corrected chi connectivity index (χ2v) is 5.74. The lowest BCUT2D eigenvalue weighted by Crippen LogP contribution is -2.35. The van der Waals surface area contributed by atoms with E-state index < -0.39 is 0 Å². The molecule has 3 heteroatoms. The van der Waals surface area contributed by atoms with Gasteiger partial charge in [-0.15, -0.1) is 0 Å². The lowest BCUT2D eigenvalue weighted by Gasteiger charge is -2.20. The van der Waals surface area contributed by atoms with Gasteiger partial charge in [-0.05, 0) is 33.3 Å². The summed E-state index contributed by atoms with van der Waals surface area (Å²) in [7, 11) is 0. The Morgan fingerprint density at radius 3 is 2.44 bits per heavy atom. The predicted molar refractivity (Wildman–Crippen MR) is 75.4 cm³/mol. The molecule has 96 valence electrons. The van der Waals surface area contributed by atoms with Crippen LogP contribution in [0.5, 0.6) is 0 Å². The Labute approximate surface area is 109 Å². The van der Waals surface area contributed by atoms with E-state index in [1.807, 2.05) is 6.20 Å². The van der Waals surface area contributed by atoms with Crippen molar-refractivity contribution in [3.63, 3.8) is 0 Å². The molecule has 0 aliphatic heterocycles. The van der Waals surface area contributed by atoms with Crippen molar-refractivity contribution in [2.75, 3.05) is 0 Å². The molecule has 2 rings (SSSR count). The third-order valence-electron chi connectivity index (χ3n) is 2.87. The molecule has 1 heterocycles. The molecule has 0 unspecified atom stereocenters.